The molecule has 2 nitrogen and oxygen atoms in total. The number of rotatable bonds is 3. The van der Waals surface area contributed by atoms with Gasteiger partial charge < -0.3 is 0 Å². The van der Waals surface area contributed by atoms with Gasteiger partial charge in [0.2, 0.25) is 0 Å². The topological polar surface area (TPSA) is 34.1 Å². The van der Waals surface area contributed by atoms with Crippen LogP contribution in [0.25, 0.3) is 11.1 Å². The highest BCUT2D eigenvalue weighted by molar-refractivity contribution is 6.30. The summed E-state index contributed by atoms with van der Waals surface area (Å²) in [4.78, 5) is 26.6. The fourth-order valence-electron chi connectivity index (χ4n) is 5.95. The zero-order valence-electron chi connectivity index (χ0n) is 15.5. The summed E-state index contributed by atoms with van der Waals surface area (Å²) in [5.74, 6) is 0.721. The van der Waals surface area contributed by atoms with Crippen LogP contribution in [0, 0.1) is 23.7 Å². The fraction of sp³-hybridized carbons (Fsp3) is 0.417. The molecule has 0 aromatic heterocycles. The predicted octanol–water partition coefficient (Wildman–Crippen LogP) is 5.47. The monoisotopic (exact) mass is 378 g/mol. The van der Waals surface area contributed by atoms with Gasteiger partial charge in [0.15, 0.2) is 11.6 Å². The van der Waals surface area contributed by atoms with Gasteiger partial charge in [0.05, 0.1) is 0 Å². The molecular formula is C24H23ClO2. The van der Waals surface area contributed by atoms with E-state index in [1.807, 2.05) is 24.3 Å². The third-order valence-electron chi connectivity index (χ3n) is 7.16. The summed E-state index contributed by atoms with van der Waals surface area (Å²) in [6.07, 6.45) is 4.17. The summed E-state index contributed by atoms with van der Waals surface area (Å²) in [5, 5.41) is 0.702. The van der Waals surface area contributed by atoms with Crippen molar-refractivity contribution in [3.63, 3.8) is 0 Å². The normalized spacial score (nSPS) is 31.6. The first-order valence-corrected chi connectivity index (χ1v) is 10.4. The third kappa shape index (κ3) is 2.53. The van der Waals surface area contributed by atoms with Crippen molar-refractivity contribution in [1.82, 2.24) is 0 Å². The molecule has 3 fully saturated rings. The molecule has 0 saturated heterocycles. The zero-order valence-corrected chi connectivity index (χ0v) is 16.2. The highest BCUT2D eigenvalue weighted by Crippen LogP contribution is 2.59. The van der Waals surface area contributed by atoms with Crippen molar-refractivity contribution < 1.29 is 9.59 Å². The zero-order chi connectivity index (χ0) is 18.7. The average Bonchev–Trinajstić information content (AvgIpc) is 3.36. The van der Waals surface area contributed by atoms with Gasteiger partial charge in [-0.3, -0.25) is 9.59 Å². The Balaban J connectivity index is 1.58. The van der Waals surface area contributed by atoms with Gasteiger partial charge in [0.25, 0.3) is 0 Å². The van der Waals surface area contributed by atoms with Crippen molar-refractivity contribution >= 4 is 23.2 Å². The van der Waals surface area contributed by atoms with Crippen LogP contribution in [0.15, 0.2) is 42.5 Å². The first kappa shape index (κ1) is 17.2. The van der Waals surface area contributed by atoms with E-state index < -0.39 is 5.92 Å². The fourth-order valence-corrected chi connectivity index (χ4v) is 6.08. The quantitative estimate of drug-likeness (QED) is 0.664. The molecule has 3 aliphatic rings. The van der Waals surface area contributed by atoms with Crippen molar-refractivity contribution in [2.24, 2.45) is 23.7 Å². The van der Waals surface area contributed by atoms with E-state index in [0.29, 0.717) is 16.9 Å². The lowest BCUT2D eigenvalue weighted by atomic mass is 9.81. The van der Waals surface area contributed by atoms with Crippen LogP contribution in [0.4, 0.5) is 0 Å². The van der Waals surface area contributed by atoms with E-state index >= 15 is 0 Å². The molecule has 2 bridgehead atoms. The molecule has 4 atom stereocenters. The molecule has 3 saturated carbocycles. The Labute approximate surface area is 164 Å². The maximum atomic E-state index is 13.3. The van der Waals surface area contributed by atoms with Crippen LogP contribution < -0.4 is 0 Å². The maximum Gasteiger partial charge on any atom is 0.151 e. The first-order chi connectivity index (χ1) is 13.1. The van der Waals surface area contributed by atoms with Crippen molar-refractivity contribution in [3.05, 3.63) is 58.6 Å². The number of aryl methyl sites for hydroxylation is 1. The van der Waals surface area contributed by atoms with E-state index in [-0.39, 0.29) is 23.4 Å². The minimum Gasteiger partial charge on any atom is -0.298 e. The van der Waals surface area contributed by atoms with Gasteiger partial charge in [-0.1, -0.05) is 42.8 Å². The second kappa shape index (κ2) is 6.31. The molecule has 0 N–H and O–H groups in total. The summed E-state index contributed by atoms with van der Waals surface area (Å²) in [7, 11) is 0. The highest BCUT2D eigenvalue weighted by atomic mass is 35.5. The Morgan fingerprint density at radius 2 is 1.48 bits per heavy atom. The second-order valence-corrected chi connectivity index (χ2v) is 8.83. The number of halogens is 1. The van der Waals surface area contributed by atoms with E-state index in [2.05, 4.69) is 25.1 Å². The van der Waals surface area contributed by atoms with E-state index in [0.717, 1.165) is 47.9 Å². The number of carbonyl (C=O) groups excluding carboxylic acids is 2. The second-order valence-electron chi connectivity index (χ2n) is 8.40. The largest absolute Gasteiger partial charge is 0.298 e. The highest BCUT2D eigenvalue weighted by Gasteiger charge is 2.61. The van der Waals surface area contributed by atoms with E-state index in [1.54, 1.807) is 0 Å². The van der Waals surface area contributed by atoms with Crippen LogP contribution in [0.5, 0.6) is 0 Å². The summed E-state index contributed by atoms with van der Waals surface area (Å²) >= 11 is 6.02. The Kier molecular flexibility index (Phi) is 4.01. The minimum absolute atomic E-state index is 0.00913. The van der Waals surface area contributed by atoms with Gasteiger partial charge >= 0.3 is 0 Å². The molecule has 2 aromatic carbocycles. The van der Waals surface area contributed by atoms with Crippen LogP contribution >= 0.6 is 11.6 Å². The van der Waals surface area contributed by atoms with E-state index in [1.165, 1.54) is 0 Å². The molecule has 3 aliphatic carbocycles. The summed E-state index contributed by atoms with van der Waals surface area (Å²) in [6, 6.07) is 14.0. The number of hydrogen-bond donors (Lipinski definition) is 0. The number of fused-ring (bicyclic) bond motifs is 5. The smallest absolute Gasteiger partial charge is 0.151 e. The SMILES string of the molecule is CCc1ccc(-c2ccc(Cl)cc2)cc1C1C(=O)C2C3CCC(C3)C2C1=O. The van der Waals surface area contributed by atoms with Crippen molar-refractivity contribution in [1.29, 1.82) is 0 Å². The van der Waals surface area contributed by atoms with Gasteiger partial charge in [-0.15, -0.1) is 0 Å². The van der Waals surface area contributed by atoms with Crippen LogP contribution in [-0.4, -0.2) is 11.6 Å². The van der Waals surface area contributed by atoms with Crippen LogP contribution in [-0.2, 0) is 16.0 Å². The summed E-state index contributed by atoms with van der Waals surface area (Å²) in [5.41, 5.74) is 4.15. The lowest BCUT2D eigenvalue weighted by molar-refractivity contribution is -0.125. The number of Topliss-reactive ketones (excluding diaryl/α,β-unsaturated/α-hetero) is 2. The number of benzene rings is 2. The molecule has 0 aliphatic heterocycles. The molecule has 0 heterocycles. The third-order valence-corrected chi connectivity index (χ3v) is 7.41. The molecule has 2 aromatic rings. The van der Waals surface area contributed by atoms with Gasteiger partial charge in [-0.2, -0.15) is 0 Å². The lowest BCUT2D eigenvalue weighted by Crippen LogP contribution is -2.24. The number of ketones is 2. The van der Waals surface area contributed by atoms with Gasteiger partial charge in [0, 0.05) is 16.9 Å². The molecule has 3 heteroatoms. The van der Waals surface area contributed by atoms with Crippen LogP contribution in [0.3, 0.4) is 0 Å². The number of carbonyl (C=O) groups is 2. The van der Waals surface area contributed by atoms with E-state index in [9.17, 15) is 9.59 Å². The molecular weight excluding hydrogens is 356 g/mol. The average molecular weight is 379 g/mol. The van der Waals surface area contributed by atoms with Crippen LogP contribution in [0.2, 0.25) is 5.02 Å². The molecule has 0 amide bonds. The van der Waals surface area contributed by atoms with Crippen molar-refractivity contribution in [2.75, 3.05) is 0 Å². The molecule has 4 unspecified atom stereocenters. The van der Waals surface area contributed by atoms with Crippen LogP contribution in [0.1, 0.15) is 43.2 Å². The summed E-state index contributed by atoms with van der Waals surface area (Å²) in [6.45, 7) is 2.09. The Morgan fingerprint density at radius 3 is 2.07 bits per heavy atom. The van der Waals surface area contributed by atoms with Gasteiger partial charge in [0.1, 0.15) is 5.92 Å². The molecule has 0 radical (unpaired) electrons. The number of hydrogen-bond acceptors (Lipinski definition) is 2. The lowest BCUT2D eigenvalue weighted by Gasteiger charge is -2.21. The minimum atomic E-state index is -0.550. The Bertz CT molecular complexity index is 902. The molecule has 5 rings (SSSR count). The molecule has 138 valence electrons. The molecule has 27 heavy (non-hydrogen) atoms. The molecule has 0 spiro atoms. The first-order valence-electron chi connectivity index (χ1n) is 10.0. The van der Waals surface area contributed by atoms with Gasteiger partial charge in [-0.25, -0.2) is 0 Å². The standard InChI is InChI=1S/C24H23ClO2/c1-2-13-3-4-15(14-7-9-18(25)10-8-14)12-19(13)22-23(26)20-16-5-6-17(11-16)21(20)24(22)27/h3-4,7-10,12,16-17,20-22H,2,5-6,11H2,1H3. The summed E-state index contributed by atoms with van der Waals surface area (Å²) < 4.78 is 0. The van der Waals surface area contributed by atoms with Gasteiger partial charge in [-0.05, 0) is 78.0 Å². The maximum absolute atomic E-state index is 13.3. The predicted molar refractivity (Wildman–Crippen MR) is 107 cm³/mol. The Hall–Kier alpha value is -1.93. The Morgan fingerprint density at radius 1 is 0.889 bits per heavy atom. The van der Waals surface area contributed by atoms with E-state index in [4.69, 9.17) is 11.6 Å². The van der Waals surface area contributed by atoms with Crippen molar-refractivity contribution in [3.8, 4) is 11.1 Å². The van der Waals surface area contributed by atoms with Crippen molar-refractivity contribution in [2.45, 2.75) is 38.5 Å².